The molecule has 6 heteroatoms. The molecular formula is C21H20FN5. The Balaban J connectivity index is 1.34. The van der Waals surface area contributed by atoms with Crippen molar-refractivity contribution < 1.29 is 4.39 Å². The lowest BCUT2D eigenvalue weighted by Crippen LogP contribution is -2.08. The van der Waals surface area contributed by atoms with Gasteiger partial charge in [0.05, 0.1) is 0 Å². The van der Waals surface area contributed by atoms with Crippen LogP contribution in [-0.4, -0.2) is 21.5 Å². The van der Waals surface area contributed by atoms with Crippen molar-refractivity contribution in [1.29, 1.82) is 0 Å². The molecule has 2 aromatic carbocycles. The fourth-order valence-corrected chi connectivity index (χ4v) is 3.04. The standard InChI is InChI=1S/C21H20FN5/c22-18-7-3-1-5-16(18)13-25-21-11-20(26-14-27-21)23-10-9-15-12-24-19-8-4-2-6-17(15)19/h1-8,11-12,14,24H,9-10,13H2,(H2,23,25,26,27). The fourth-order valence-electron chi connectivity index (χ4n) is 3.04. The molecule has 136 valence electrons. The van der Waals surface area contributed by atoms with Gasteiger partial charge in [-0.2, -0.15) is 0 Å². The lowest BCUT2D eigenvalue weighted by atomic mass is 10.1. The maximum absolute atomic E-state index is 13.7. The van der Waals surface area contributed by atoms with E-state index in [9.17, 15) is 4.39 Å². The van der Waals surface area contributed by atoms with Crippen molar-refractivity contribution in [2.24, 2.45) is 0 Å². The lowest BCUT2D eigenvalue weighted by molar-refractivity contribution is 0.613. The highest BCUT2D eigenvalue weighted by molar-refractivity contribution is 5.83. The Hall–Kier alpha value is -3.41. The summed E-state index contributed by atoms with van der Waals surface area (Å²) < 4.78 is 13.7. The quantitative estimate of drug-likeness (QED) is 0.457. The summed E-state index contributed by atoms with van der Waals surface area (Å²) in [5, 5.41) is 7.70. The maximum Gasteiger partial charge on any atom is 0.131 e. The molecule has 4 rings (SSSR count). The van der Waals surface area contributed by atoms with E-state index in [-0.39, 0.29) is 5.82 Å². The third kappa shape index (κ3) is 4.06. The van der Waals surface area contributed by atoms with Gasteiger partial charge in [-0.1, -0.05) is 36.4 Å². The lowest BCUT2D eigenvalue weighted by Gasteiger charge is -2.09. The average molecular weight is 361 g/mol. The van der Waals surface area contributed by atoms with E-state index in [1.54, 1.807) is 12.1 Å². The van der Waals surface area contributed by atoms with Gasteiger partial charge in [0, 0.05) is 41.8 Å². The molecule has 0 unspecified atom stereocenters. The number of aromatic amines is 1. The molecule has 0 atom stereocenters. The molecule has 0 spiro atoms. The number of hydrogen-bond acceptors (Lipinski definition) is 4. The SMILES string of the molecule is Fc1ccccc1CNc1cc(NCCc2c[nH]c3ccccc23)ncn1. The van der Waals surface area contributed by atoms with Gasteiger partial charge in [-0.25, -0.2) is 14.4 Å². The Labute approximate surface area is 156 Å². The molecule has 3 N–H and O–H groups in total. The molecule has 0 aliphatic carbocycles. The van der Waals surface area contributed by atoms with Gasteiger partial charge < -0.3 is 15.6 Å². The molecule has 27 heavy (non-hydrogen) atoms. The van der Waals surface area contributed by atoms with Gasteiger partial charge >= 0.3 is 0 Å². The third-order valence-corrected chi connectivity index (χ3v) is 4.46. The predicted molar refractivity (Wildman–Crippen MR) is 106 cm³/mol. The molecule has 0 aliphatic rings. The molecule has 4 aromatic rings. The molecule has 2 heterocycles. The number of fused-ring (bicyclic) bond motifs is 1. The van der Waals surface area contributed by atoms with Crippen LogP contribution in [0.4, 0.5) is 16.0 Å². The summed E-state index contributed by atoms with van der Waals surface area (Å²) in [4.78, 5) is 11.7. The fraction of sp³-hybridized carbons (Fsp3) is 0.143. The predicted octanol–water partition coefficient (Wildman–Crippen LogP) is 4.36. The first kappa shape index (κ1) is 17.0. The minimum Gasteiger partial charge on any atom is -0.370 e. The zero-order valence-corrected chi connectivity index (χ0v) is 14.7. The van der Waals surface area contributed by atoms with E-state index in [1.165, 1.54) is 23.3 Å². The summed E-state index contributed by atoms with van der Waals surface area (Å²) in [6.45, 7) is 1.13. The summed E-state index contributed by atoms with van der Waals surface area (Å²) in [7, 11) is 0. The van der Waals surface area contributed by atoms with Crippen LogP contribution in [-0.2, 0) is 13.0 Å². The molecule has 0 bridgehead atoms. The molecule has 5 nitrogen and oxygen atoms in total. The van der Waals surface area contributed by atoms with E-state index < -0.39 is 0 Å². The normalized spacial score (nSPS) is 10.9. The van der Waals surface area contributed by atoms with Crippen molar-refractivity contribution in [2.75, 3.05) is 17.2 Å². The van der Waals surface area contributed by atoms with E-state index in [0.717, 1.165) is 24.3 Å². The minimum atomic E-state index is -0.226. The Morgan fingerprint density at radius 1 is 0.889 bits per heavy atom. The third-order valence-electron chi connectivity index (χ3n) is 4.46. The Morgan fingerprint density at radius 3 is 2.56 bits per heavy atom. The van der Waals surface area contributed by atoms with Gasteiger partial charge in [-0.3, -0.25) is 0 Å². The van der Waals surface area contributed by atoms with Crippen LogP contribution >= 0.6 is 0 Å². The number of para-hydroxylation sites is 1. The van der Waals surface area contributed by atoms with Crippen molar-refractivity contribution in [3.8, 4) is 0 Å². The number of rotatable bonds is 7. The molecule has 0 radical (unpaired) electrons. The van der Waals surface area contributed by atoms with Gasteiger partial charge in [0.25, 0.3) is 0 Å². The van der Waals surface area contributed by atoms with Crippen molar-refractivity contribution in [1.82, 2.24) is 15.0 Å². The van der Waals surface area contributed by atoms with Crippen LogP contribution in [0.3, 0.4) is 0 Å². The second-order valence-corrected chi connectivity index (χ2v) is 6.27. The van der Waals surface area contributed by atoms with Crippen molar-refractivity contribution in [3.63, 3.8) is 0 Å². The maximum atomic E-state index is 13.7. The first-order valence-electron chi connectivity index (χ1n) is 8.88. The number of anilines is 2. The molecule has 0 amide bonds. The van der Waals surface area contributed by atoms with Crippen LogP contribution in [0.15, 0.2) is 67.1 Å². The van der Waals surface area contributed by atoms with Crippen LogP contribution in [0.1, 0.15) is 11.1 Å². The Morgan fingerprint density at radius 2 is 1.67 bits per heavy atom. The van der Waals surface area contributed by atoms with E-state index in [2.05, 4.69) is 37.7 Å². The van der Waals surface area contributed by atoms with E-state index >= 15 is 0 Å². The van der Waals surface area contributed by atoms with Gasteiger partial charge in [0.2, 0.25) is 0 Å². The zero-order valence-electron chi connectivity index (χ0n) is 14.7. The van der Waals surface area contributed by atoms with Crippen LogP contribution in [0.5, 0.6) is 0 Å². The number of nitrogens with one attached hydrogen (secondary N) is 3. The summed E-state index contributed by atoms with van der Waals surface area (Å²) in [6.07, 6.45) is 4.43. The zero-order chi connectivity index (χ0) is 18.5. The molecule has 2 aromatic heterocycles. The van der Waals surface area contributed by atoms with Crippen LogP contribution in [0.2, 0.25) is 0 Å². The van der Waals surface area contributed by atoms with Crippen molar-refractivity contribution >= 4 is 22.5 Å². The highest BCUT2D eigenvalue weighted by Gasteiger charge is 2.04. The number of H-pyrrole nitrogens is 1. The van der Waals surface area contributed by atoms with Crippen LogP contribution in [0, 0.1) is 5.82 Å². The molecule has 0 aliphatic heterocycles. The summed E-state index contributed by atoms with van der Waals surface area (Å²) in [6, 6.07) is 16.8. The van der Waals surface area contributed by atoms with Gasteiger partial charge in [0.15, 0.2) is 0 Å². The first-order valence-corrected chi connectivity index (χ1v) is 8.88. The number of benzene rings is 2. The summed E-state index contributed by atoms with van der Waals surface area (Å²) in [5.74, 6) is 1.17. The number of aromatic nitrogens is 3. The number of nitrogens with zero attached hydrogens (tertiary/aromatic N) is 2. The molecule has 0 fully saturated rings. The molecule has 0 saturated carbocycles. The highest BCUT2D eigenvalue weighted by atomic mass is 19.1. The smallest absolute Gasteiger partial charge is 0.131 e. The topological polar surface area (TPSA) is 65.6 Å². The minimum absolute atomic E-state index is 0.226. The second kappa shape index (κ2) is 7.86. The molecule has 0 saturated heterocycles. The van der Waals surface area contributed by atoms with E-state index in [0.29, 0.717) is 17.9 Å². The molecular weight excluding hydrogens is 341 g/mol. The summed E-state index contributed by atoms with van der Waals surface area (Å²) in [5.41, 5.74) is 3.02. The highest BCUT2D eigenvalue weighted by Crippen LogP contribution is 2.18. The first-order chi connectivity index (χ1) is 13.3. The van der Waals surface area contributed by atoms with Crippen molar-refractivity contribution in [2.45, 2.75) is 13.0 Å². The second-order valence-electron chi connectivity index (χ2n) is 6.27. The largest absolute Gasteiger partial charge is 0.370 e. The van der Waals surface area contributed by atoms with Gasteiger partial charge in [0.1, 0.15) is 23.8 Å². The van der Waals surface area contributed by atoms with Gasteiger partial charge in [-0.15, -0.1) is 0 Å². The monoisotopic (exact) mass is 361 g/mol. The Bertz CT molecular complexity index is 1040. The number of hydrogen-bond donors (Lipinski definition) is 3. The van der Waals surface area contributed by atoms with Gasteiger partial charge in [-0.05, 0) is 24.1 Å². The van der Waals surface area contributed by atoms with Crippen molar-refractivity contribution in [3.05, 3.63) is 84.1 Å². The van der Waals surface area contributed by atoms with Crippen LogP contribution < -0.4 is 10.6 Å². The average Bonchev–Trinajstić information content (AvgIpc) is 3.11. The Kier molecular flexibility index (Phi) is 4.96. The van der Waals surface area contributed by atoms with E-state index in [1.807, 2.05) is 30.5 Å². The van der Waals surface area contributed by atoms with E-state index in [4.69, 9.17) is 0 Å². The van der Waals surface area contributed by atoms with Crippen LogP contribution in [0.25, 0.3) is 10.9 Å². The summed E-state index contributed by atoms with van der Waals surface area (Å²) >= 11 is 0. The number of halogens is 1.